The number of aryl methyl sites for hydroxylation is 1. The molecule has 3 aromatic rings. The molecule has 0 aliphatic heterocycles. The second-order valence-corrected chi connectivity index (χ2v) is 7.82. The molecule has 3 nitrogen and oxygen atoms in total. The van der Waals surface area contributed by atoms with Crippen LogP contribution in [0.5, 0.6) is 0 Å². The zero-order chi connectivity index (χ0) is 22.9. The van der Waals surface area contributed by atoms with Crippen LogP contribution in [0.25, 0.3) is 10.9 Å². The molecule has 1 saturated carbocycles. The summed E-state index contributed by atoms with van der Waals surface area (Å²) in [5, 5.41) is 1.33. The summed E-state index contributed by atoms with van der Waals surface area (Å²) in [6.45, 7) is 1.89. The minimum Gasteiger partial charge on any atom is -0.366 e. The van der Waals surface area contributed by atoms with E-state index in [1.54, 1.807) is 36.4 Å². The summed E-state index contributed by atoms with van der Waals surface area (Å²) in [4.78, 5) is 14.1. The van der Waals surface area contributed by atoms with Gasteiger partial charge in [-0.25, -0.2) is 4.98 Å². The Morgan fingerprint density at radius 1 is 0.903 bits per heavy atom. The van der Waals surface area contributed by atoms with E-state index in [0.717, 1.165) is 17.0 Å². The quantitative estimate of drug-likeness (QED) is 0.421. The van der Waals surface area contributed by atoms with E-state index in [2.05, 4.69) is 4.98 Å². The molecule has 4 rings (SSSR count). The average molecular weight is 451 g/mol. The Morgan fingerprint density at radius 3 is 1.94 bits per heavy atom. The van der Waals surface area contributed by atoms with Gasteiger partial charge in [0.15, 0.2) is 0 Å². The molecule has 0 spiro atoms. The van der Waals surface area contributed by atoms with Gasteiger partial charge in [-0.3, -0.25) is 4.79 Å². The number of alkyl halides is 3. The first-order chi connectivity index (χ1) is 14.7. The molecule has 0 radical (unpaired) electrons. The van der Waals surface area contributed by atoms with Crippen LogP contribution in [0.3, 0.4) is 0 Å². The van der Waals surface area contributed by atoms with Crippen molar-refractivity contribution in [3.63, 3.8) is 0 Å². The Bertz CT molecular complexity index is 973. The lowest BCUT2D eigenvalue weighted by Gasteiger charge is -2.06. The van der Waals surface area contributed by atoms with Crippen molar-refractivity contribution in [2.75, 3.05) is 0 Å². The van der Waals surface area contributed by atoms with E-state index in [9.17, 15) is 18.0 Å². The summed E-state index contributed by atoms with van der Waals surface area (Å²) in [6.07, 6.45) is 4.62. The maximum absolute atomic E-state index is 12.3. The zero-order valence-electron chi connectivity index (χ0n) is 17.4. The summed E-state index contributed by atoms with van der Waals surface area (Å²) >= 11 is 5.56. The highest BCUT2D eigenvalue weighted by Crippen LogP contribution is 2.29. The number of carbonyl (C=O) groups excluding carboxylic acids is 1. The molecule has 0 saturated heterocycles. The predicted octanol–water partition coefficient (Wildman–Crippen LogP) is 7.34. The summed E-state index contributed by atoms with van der Waals surface area (Å²) in [6, 6.07) is 14.0. The molecule has 1 amide bonds. The van der Waals surface area contributed by atoms with Gasteiger partial charge in [0.2, 0.25) is 5.91 Å². The Balaban J connectivity index is 0.000000183. The normalized spacial score (nSPS) is 13.5. The first-order valence-corrected chi connectivity index (χ1v) is 10.5. The van der Waals surface area contributed by atoms with Crippen molar-refractivity contribution in [1.82, 2.24) is 4.98 Å². The molecule has 2 N–H and O–H groups in total. The average Bonchev–Trinajstić information content (AvgIpc) is 2.75. The Hall–Kier alpha value is -2.60. The topological polar surface area (TPSA) is 56.0 Å². The highest BCUT2D eigenvalue weighted by atomic mass is 35.5. The minimum atomic E-state index is -4.38. The molecule has 31 heavy (non-hydrogen) atoms. The van der Waals surface area contributed by atoms with Gasteiger partial charge in [-0.15, -0.1) is 0 Å². The molecule has 166 valence electrons. The molecule has 0 bridgehead atoms. The van der Waals surface area contributed by atoms with Crippen LogP contribution in [0.4, 0.5) is 13.2 Å². The number of hydrogen-bond acceptors (Lipinski definition) is 2. The number of aromatic nitrogens is 1. The van der Waals surface area contributed by atoms with E-state index < -0.39 is 17.8 Å². The van der Waals surface area contributed by atoms with Gasteiger partial charge in [0.25, 0.3) is 0 Å². The molecule has 2 aromatic carbocycles. The lowest BCUT2D eigenvalue weighted by Crippen LogP contribution is -2.10. The Labute approximate surface area is 185 Å². The Kier molecular flexibility index (Phi) is 9.31. The van der Waals surface area contributed by atoms with E-state index in [4.69, 9.17) is 17.3 Å². The number of fused-ring (bicyclic) bond motifs is 1. The van der Waals surface area contributed by atoms with E-state index in [-0.39, 0.29) is 0 Å². The molecule has 1 aliphatic rings. The Morgan fingerprint density at radius 2 is 1.45 bits per heavy atom. The predicted molar refractivity (Wildman–Crippen MR) is 119 cm³/mol. The van der Waals surface area contributed by atoms with E-state index in [0.29, 0.717) is 16.1 Å². The standard InChI is InChI=1S/C11H8F3N.C7H6ClNO.C6H12/c1-7-2-4-9-8(6-7)3-5-10(15-9)11(12,13)14;8-6-3-1-5(2-4-6)7(9)10;1-2-4-6-5-3-1/h2-6H,1H3;1-4H,(H2,9,10);1-6H2. The fourth-order valence-electron chi connectivity index (χ4n) is 3.08. The number of carbonyl (C=O) groups is 1. The third-order valence-electron chi connectivity index (χ3n) is 4.76. The molecular formula is C24H26ClF3N2O. The van der Waals surface area contributed by atoms with Crippen molar-refractivity contribution < 1.29 is 18.0 Å². The third kappa shape index (κ3) is 8.58. The second-order valence-electron chi connectivity index (χ2n) is 7.38. The van der Waals surface area contributed by atoms with Gasteiger partial charge in [0.05, 0.1) is 5.52 Å². The number of benzene rings is 2. The number of halogens is 4. The number of primary amides is 1. The first-order valence-electron chi connectivity index (χ1n) is 10.2. The fraction of sp³-hybridized carbons (Fsp3) is 0.333. The molecule has 1 fully saturated rings. The van der Waals surface area contributed by atoms with Crippen LogP contribution in [-0.4, -0.2) is 10.9 Å². The molecule has 0 unspecified atom stereocenters. The molecule has 1 aliphatic carbocycles. The van der Waals surface area contributed by atoms with Crippen LogP contribution in [0.1, 0.15) is 60.1 Å². The second kappa shape index (κ2) is 11.7. The maximum atomic E-state index is 12.3. The maximum Gasteiger partial charge on any atom is 0.433 e. The van der Waals surface area contributed by atoms with Crippen molar-refractivity contribution in [2.45, 2.75) is 51.6 Å². The SMILES string of the molecule is C1CCCCC1.Cc1ccc2nc(C(F)(F)F)ccc2c1.NC(=O)c1ccc(Cl)cc1. The van der Waals surface area contributed by atoms with Gasteiger partial charge in [-0.05, 0) is 49.4 Å². The number of amides is 1. The fourth-order valence-corrected chi connectivity index (χ4v) is 3.20. The third-order valence-corrected chi connectivity index (χ3v) is 5.02. The molecule has 7 heteroatoms. The van der Waals surface area contributed by atoms with E-state index in [1.807, 2.05) is 13.0 Å². The smallest absolute Gasteiger partial charge is 0.366 e. The largest absolute Gasteiger partial charge is 0.433 e. The van der Waals surface area contributed by atoms with E-state index in [1.165, 1.54) is 44.6 Å². The van der Waals surface area contributed by atoms with Crippen LogP contribution in [0.15, 0.2) is 54.6 Å². The zero-order valence-corrected chi connectivity index (χ0v) is 18.1. The molecule has 0 atom stereocenters. The number of rotatable bonds is 1. The van der Waals surface area contributed by atoms with Gasteiger partial charge in [-0.1, -0.05) is 67.8 Å². The van der Waals surface area contributed by atoms with Gasteiger partial charge in [0, 0.05) is 16.0 Å². The summed E-state index contributed by atoms with van der Waals surface area (Å²) in [7, 11) is 0. The van der Waals surface area contributed by atoms with Crippen molar-refractivity contribution in [1.29, 1.82) is 0 Å². The first kappa shape index (κ1) is 24.7. The lowest BCUT2D eigenvalue weighted by molar-refractivity contribution is -0.140. The monoisotopic (exact) mass is 450 g/mol. The lowest BCUT2D eigenvalue weighted by atomic mass is 10.0. The van der Waals surface area contributed by atoms with Gasteiger partial charge in [-0.2, -0.15) is 13.2 Å². The van der Waals surface area contributed by atoms with E-state index >= 15 is 0 Å². The number of hydrogen-bond donors (Lipinski definition) is 1. The molecule has 1 heterocycles. The van der Waals surface area contributed by atoms with Crippen molar-refractivity contribution in [3.05, 3.63) is 76.4 Å². The minimum absolute atomic E-state index is 0.371. The van der Waals surface area contributed by atoms with Crippen molar-refractivity contribution >= 4 is 28.4 Å². The summed E-state index contributed by atoms with van der Waals surface area (Å²) in [5.74, 6) is -0.434. The van der Waals surface area contributed by atoms with Crippen LogP contribution in [0.2, 0.25) is 5.02 Å². The molecular weight excluding hydrogens is 425 g/mol. The summed E-state index contributed by atoms with van der Waals surface area (Å²) < 4.78 is 37.0. The highest BCUT2D eigenvalue weighted by Gasteiger charge is 2.32. The van der Waals surface area contributed by atoms with Gasteiger partial charge >= 0.3 is 6.18 Å². The number of nitrogens with zero attached hydrogens (tertiary/aromatic N) is 1. The number of nitrogens with two attached hydrogens (primary N) is 1. The van der Waals surface area contributed by atoms with Crippen LogP contribution in [0, 0.1) is 6.92 Å². The van der Waals surface area contributed by atoms with Crippen molar-refractivity contribution in [3.8, 4) is 0 Å². The number of pyridine rings is 1. The molecule has 1 aromatic heterocycles. The summed E-state index contributed by atoms with van der Waals surface area (Å²) in [5.41, 5.74) is 5.98. The van der Waals surface area contributed by atoms with Crippen molar-refractivity contribution in [2.24, 2.45) is 5.73 Å². The van der Waals surface area contributed by atoms with Crippen LogP contribution >= 0.6 is 11.6 Å². The van der Waals surface area contributed by atoms with Gasteiger partial charge < -0.3 is 5.73 Å². The van der Waals surface area contributed by atoms with Gasteiger partial charge in [0.1, 0.15) is 5.69 Å². The van der Waals surface area contributed by atoms with Crippen LogP contribution in [-0.2, 0) is 6.18 Å². The van der Waals surface area contributed by atoms with Crippen LogP contribution < -0.4 is 5.73 Å². The highest BCUT2D eigenvalue weighted by molar-refractivity contribution is 6.30.